The predicted octanol–water partition coefficient (Wildman–Crippen LogP) is 4.11. The number of aryl methyl sites for hydroxylation is 1. The standard InChI is InChI=1S/C15H17NO2S/c1-9-7-5-6-8-10(9)13-16-12(15(2,3)4)11(19-13)14(17)18/h5-8H,1-4H3,(H,17,18). The quantitative estimate of drug-likeness (QED) is 0.897. The third-order valence-electron chi connectivity index (χ3n) is 2.91. The topological polar surface area (TPSA) is 50.2 Å². The molecule has 4 heteroatoms. The SMILES string of the molecule is Cc1ccccc1-c1nc(C(C)(C)C)c(C(=O)O)s1. The molecule has 3 nitrogen and oxygen atoms in total. The molecule has 0 amide bonds. The molecule has 100 valence electrons. The predicted molar refractivity (Wildman–Crippen MR) is 77.9 cm³/mol. The Hall–Kier alpha value is -1.68. The summed E-state index contributed by atoms with van der Waals surface area (Å²) in [6.45, 7) is 7.95. The van der Waals surface area contributed by atoms with Gasteiger partial charge in [-0.2, -0.15) is 0 Å². The molecule has 0 aliphatic heterocycles. The Kier molecular flexibility index (Phi) is 3.45. The maximum Gasteiger partial charge on any atom is 0.347 e. The van der Waals surface area contributed by atoms with Gasteiger partial charge in [-0.15, -0.1) is 11.3 Å². The molecule has 1 N–H and O–H groups in total. The van der Waals surface area contributed by atoms with E-state index in [1.54, 1.807) is 0 Å². The second kappa shape index (κ2) is 4.78. The molecule has 0 fully saturated rings. The summed E-state index contributed by atoms with van der Waals surface area (Å²) in [6, 6.07) is 7.90. The number of nitrogens with zero attached hydrogens (tertiary/aromatic N) is 1. The van der Waals surface area contributed by atoms with E-state index in [-0.39, 0.29) is 5.41 Å². The molecule has 1 heterocycles. The van der Waals surface area contributed by atoms with Crippen molar-refractivity contribution in [3.8, 4) is 10.6 Å². The average molecular weight is 275 g/mol. The van der Waals surface area contributed by atoms with Crippen LogP contribution in [0.2, 0.25) is 0 Å². The Labute approximate surface area is 116 Å². The number of hydrogen-bond acceptors (Lipinski definition) is 3. The lowest BCUT2D eigenvalue weighted by atomic mass is 9.91. The number of carboxylic acid groups (broad SMARTS) is 1. The lowest BCUT2D eigenvalue weighted by molar-refractivity contribution is 0.0699. The second-order valence-corrected chi connectivity index (χ2v) is 6.57. The molecule has 1 aromatic heterocycles. The van der Waals surface area contributed by atoms with Gasteiger partial charge in [0.1, 0.15) is 9.88 Å². The van der Waals surface area contributed by atoms with Gasteiger partial charge in [-0.3, -0.25) is 0 Å². The van der Waals surface area contributed by atoms with Crippen LogP contribution >= 0.6 is 11.3 Å². The van der Waals surface area contributed by atoms with Crippen LogP contribution in [0.3, 0.4) is 0 Å². The molecule has 1 aromatic carbocycles. The lowest BCUT2D eigenvalue weighted by Gasteiger charge is -2.16. The van der Waals surface area contributed by atoms with Crippen LogP contribution < -0.4 is 0 Å². The third kappa shape index (κ3) is 2.68. The lowest BCUT2D eigenvalue weighted by Crippen LogP contribution is -2.16. The first kappa shape index (κ1) is 13.7. The molecular formula is C15H17NO2S. The maximum absolute atomic E-state index is 11.4. The number of carboxylic acids is 1. The highest BCUT2D eigenvalue weighted by Gasteiger charge is 2.27. The zero-order valence-corrected chi connectivity index (χ0v) is 12.3. The Morgan fingerprint density at radius 3 is 2.37 bits per heavy atom. The maximum atomic E-state index is 11.4. The fourth-order valence-electron chi connectivity index (χ4n) is 1.90. The van der Waals surface area contributed by atoms with Crippen LogP contribution in [0.25, 0.3) is 10.6 Å². The van der Waals surface area contributed by atoms with Crippen molar-refractivity contribution in [3.05, 3.63) is 40.4 Å². The van der Waals surface area contributed by atoms with Crippen LogP contribution in [-0.4, -0.2) is 16.1 Å². The van der Waals surface area contributed by atoms with E-state index in [0.29, 0.717) is 10.6 Å². The first-order valence-corrected chi connectivity index (χ1v) is 6.93. The van der Waals surface area contributed by atoms with Crippen LogP contribution in [0.5, 0.6) is 0 Å². The molecule has 0 saturated carbocycles. The number of aromatic nitrogens is 1. The van der Waals surface area contributed by atoms with Crippen LogP contribution in [0.4, 0.5) is 0 Å². The van der Waals surface area contributed by atoms with Crippen molar-refractivity contribution in [1.82, 2.24) is 4.98 Å². The van der Waals surface area contributed by atoms with Gasteiger partial charge in [-0.25, -0.2) is 9.78 Å². The van der Waals surface area contributed by atoms with Crippen LogP contribution in [-0.2, 0) is 5.41 Å². The van der Waals surface area contributed by atoms with Gasteiger partial charge in [0, 0.05) is 11.0 Å². The van der Waals surface area contributed by atoms with Crippen molar-refractivity contribution < 1.29 is 9.90 Å². The summed E-state index contributed by atoms with van der Waals surface area (Å²) in [5.74, 6) is -0.901. The average Bonchev–Trinajstić information content (AvgIpc) is 2.74. The summed E-state index contributed by atoms with van der Waals surface area (Å²) in [5.41, 5.74) is 2.49. The van der Waals surface area contributed by atoms with E-state index in [1.807, 2.05) is 52.0 Å². The van der Waals surface area contributed by atoms with Crippen molar-refractivity contribution in [2.45, 2.75) is 33.1 Å². The summed E-state index contributed by atoms with van der Waals surface area (Å²) in [7, 11) is 0. The summed E-state index contributed by atoms with van der Waals surface area (Å²) in [4.78, 5) is 16.3. The van der Waals surface area contributed by atoms with Crippen LogP contribution in [0, 0.1) is 6.92 Å². The van der Waals surface area contributed by atoms with Crippen molar-refractivity contribution in [3.63, 3.8) is 0 Å². The largest absolute Gasteiger partial charge is 0.477 e. The highest BCUT2D eigenvalue weighted by molar-refractivity contribution is 7.17. The van der Waals surface area contributed by atoms with E-state index in [4.69, 9.17) is 0 Å². The number of carbonyl (C=O) groups is 1. The van der Waals surface area contributed by atoms with Crippen LogP contribution in [0.15, 0.2) is 24.3 Å². The molecule has 0 aliphatic rings. The molecule has 2 aromatic rings. The summed E-state index contributed by atoms with van der Waals surface area (Å²) >= 11 is 1.25. The summed E-state index contributed by atoms with van der Waals surface area (Å²) < 4.78 is 0. The van der Waals surface area contributed by atoms with Gasteiger partial charge in [0.25, 0.3) is 0 Å². The molecule has 0 spiro atoms. The number of thiazole rings is 1. The molecule has 0 unspecified atom stereocenters. The molecule has 0 aliphatic carbocycles. The zero-order valence-electron chi connectivity index (χ0n) is 11.5. The number of aromatic carboxylic acids is 1. The molecule has 0 radical (unpaired) electrons. The Balaban J connectivity index is 2.62. The molecule has 19 heavy (non-hydrogen) atoms. The van der Waals surface area contributed by atoms with E-state index in [1.165, 1.54) is 11.3 Å². The number of benzene rings is 1. The van der Waals surface area contributed by atoms with E-state index < -0.39 is 5.97 Å². The Morgan fingerprint density at radius 2 is 1.89 bits per heavy atom. The summed E-state index contributed by atoms with van der Waals surface area (Å²) in [5, 5.41) is 10.1. The van der Waals surface area contributed by atoms with E-state index in [9.17, 15) is 9.90 Å². The molecule has 2 rings (SSSR count). The van der Waals surface area contributed by atoms with E-state index in [0.717, 1.165) is 16.1 Å². The van der Waals surface area contributed by atoms with Gasteiger partial charge in [0.2, 0.25) is 0 Å². The highest BCUT2D eigenvalue weighted by Crippen LogP contribution is 2.35. The normalized spacial score (nSPS) is 11.6. The van der Waals surface area contributed by atoms with Crippen LogP contribution in [0.1, 0.15) is 41.7 Å². The van der Waals surface area contributed by atoms with Crippen molar-refractivity contribution in [2.75, 3.05) is 0 Å². The van der Waals surface area contributed by atoms with Crippen molar-refractivity contribution in [2.24, 2.45) is 0 Å². The fourth-order valence-corrected chi connectivity index (χ4v) is 3.11. The van der Waals surface area contributed by atoms with Gasteiger partial charge < -0.3 is 5.11 Å². The fraction of sp³-hybridized carbons (Fsp3) is 0.333. The van der Waals surface area contributed by atoms with E-state index >= 15 is 0 Å². The first-order chi connectivity index (χ1) is 8.80. The molecule has 0 atom stereocenters. The van der Waals surface area contributed by atoms with Gasteiger partial charge in [-0.05, 0) is 12.5 Å². The minimum Gasteiger partial charge on any atom is -0.477 e. The number of hydrogen-bond donors (Lipinski definition) is 1. The van der Waals surface area contributed by atoms with Crippen molar-refractivity contribution in [1.29, 1.82) is 0 Å². The summed E-state index contributed by atoms with van der Waals surface area (Å²) in [6.07, 6.45) is 0. The number of rotatable bonds is 2. The molecular weight excluding hydrogens is 258 g/mol. The van der Waals surface area contributed by atoms with Gasteiger partial charge in [0.05, 0.1) is 5.69 Å². The highest BCUT2D eigenvalue weighted by atomic mass is 32.1. The van der Waals surface area contributed by atoms with Gasteiger partial charge in [-0.1, -0.05) is 45.0 Å². The van der Waals surface area contributed by atoms with E-state index in [2.05, 4.69) is 4.98 Å². The Bertz CT molecular complexity index is 623. The third-order valence-corrected chi connectivity index (χ3v) is 3.98. The Morgan fingerprint density at radius 1 is 1.26 bits per heavy atom. The minimum atomic E-state index is -0.901. The van der Waals surface area contributed by atoms with Gasteiger partial charge >= 0.3 is 5.97 Å². The monoisotopic (exact) mass is 275 g/mol. The van der Waals surface area contributed by atoms with Gasteiger partial charge in [0.15, 0.2) is 0 Å². The van der Waals surface area contributed by atoms with Crippen molar-refractivity contribution >= 4 is 17.3 Å². The second-order valence-electron chi connectivity index (χ2n) is 5.57. The minimum absolute atomic E-state index is 0.273. The molecule has 0 saturated heterocycles. The zero-order chi connectivity index (χ0) is 14.2. The smallest absolute Gasteiger partial charge is 0.347 e. The first-order valence-electron chi connectivity index (χ1n) is 6.11. The molecule has 0 bridgehead atoms.